The number of carbonyl (C=O) groups is 1. The van der Waals surface area contributed by atoms with Crippen molar-refractivity contribution in [1.82, 2.24) is 0 Å². The second kappa shape index (κ2) is 13.6. The first-order chi connectivity index (χ1) is 16.2. The minimum atomic E-state index is -0.811. The molecule has 0 bridgehead atoms. The SMILES string of the molecule is O=C(O)CC=CC=Cc1ccccc1.c1ccc(P(c2ccccc2)c2ccccc2)cc1. The molecule has 2 nitrogen and oxygen atoms in total. The monoisotopic (exact) mass is 450 g/mol. The molecule has 0 radical (unpaired) electrons. The van der Waals surface area contributed by atoms with Crippen molar-refractivity contribution < 1.29 is 9.90 Å². The first kappa shape index (κ1) is 23.9. The van der Waals surface area contributed by atoms with Gasteiger partial charge >= 0.3 is 5.97 Å². The summed E-state index contributed by atoms with van der Waals surface area (Å²) in [6.07, 6.45) is 7.18. The van der Waals surface area contributed by atoms with Gasteiger partial charge in [0.25, 0.3) is 0 Å². The van der Waals surface area contributed by atoms with Crippen LogP contribution in [0.5, 0.6) is 0 Å². The van der Waals surface area contributed by atoms with E-state index in [0.717, 1.165) is 5.56 Å². The van der Waals surface area contributed by atoms with Gasteiger partial charge in [-0.1, -0.05) is 146 Å². The Labute approximate surface area is 197 Å². The minimum absolute atomic E-state index is 0.0686. The highest BCUT2D eigenvalue weighted by molar-refractivity contribution is 7.79. The Kier molecular flexibility index (Phi) is 9.87. The molecular formula is C30H27O2P. The van der Waals surface area contributed by atoms with Gasteiger partial charge in [0.1, 0.15) is 0 Å². The molecule has 164 valence electrons. The van der Waals surface area contributed by atoms with E-state index >= 15 is 0 Å². The van der Waals surface area contributed by atoms with Gasteiger partial charge in [-0.05, 0) is 29.4 Å². The van der Waals surface area contributed by atoms with E-state index in [9.17, 15) is 4.79 Å². The number of hydrogen-bond acceptors (Lipinski definition) is 1. The van der Waals surface area contributed by atoms with Crippen molar-refractivity contribution in [3.63, 3.8) is 0 Å². The van der Waals surface area contributed by atoms with Gasteiger partial charge in [0.2, 0.25) is 0 Å². The van der Waals surface area contributed by atoms with Crippen LogP contribution in [0, 0.1) is 0 Å². The van der Waals surface area contributed by atoms with Crippen LogP contribution in [0.2, 0.25) is 0 Å². The van der Waals surface area contributed by atoms with Gasteiger partial charge in [-0.2, -0.15) is 0 Å². The van der Waals surface area contributed by atoms with Crippen molar-refractivity contribution in [3.05, 3.63) is 145 Å². The molecule has 4 rings (SSSR count). The quantitative estimate of drug-likeness (QED) is 0.270. The number of allylic oxidation sites excluding steroid dienone is 2. The second-order valence-corrected chi connectivity index (χ2v) is 9.36. The molecule has 0 unspecified atom stereocenters. The van der Waals surface area contributed by atoms with Crippen molar-refractivity contribution in [1.29, 1.82) is 0 Å². The molecule has 4 aromatic carbocycles. The largest absolute Gasteiger partial charge is 0.481 e. The van der Waals surface area contributed by atoms with E-state index in [1.807, 2.05) is 42.5 Å². The Morgan fingerprint density at radius 3 is 1.39 bits per heavy atom. The molecule has 0 spiro atoms. The van der Waals surface area contributed by atoms with Crippen LogP contribution in [-0.4, -0.2) is 11.1 Å². The average molecular weight is 451 g/mol. The zero-order valence-electron chi connectivity index (χ0n) is 18.4. The fourth-order valence-electron chi connectivity index (χ4n) is 3.16. The molecule has 0 atom stereocenters. The van der Waals surface area contributed by atoms with E-state index in [-0.39, 0.29) is 6.42 Å². The zero-order valence-corrected chi connectivity index (χ0v) is 19.3. The molecule has 1 N–H and O–H groups in total. The van der Waals surface area contributed by atoms with E-state index in [1.165, 1.54) is 15.9 Å². The third-order valence-electron chi connectivity index (χ3n) is 4.67. The summed E-state index contributed by atoms with van der Waals surface area (Å²) in [5, 5.41) is 12.5. The van der Waals surface area contributed by atoms with Crippen molar-refractivity contribution in [3.8, 4) is 0 Å². The normalized spacial score (nSPS) is 10.8. The maximum absolute atomic E-state index is 10.2. The number of carboxylic acids is 1. The number of carboxylic acid groups (broad SMARTS) is 1. The van der Waals surface area contributed by atoms with E-state index in [0.29, 0.717) is 0 Å². The van der Waals surface area contributed by atoms with Gasteiger partial charge in [-0.25, -0.2) is 0 Å². The average Bonchev–Trinajstić information content (AvgIpc) is 2.87. The fourth-order valence-corrected chi connectivity index (χ4v) is 5.46. The molecule has 0 saturated carbocycles. The number of rotatable bonds is 7. The molecule has 0 aromatic heterocycles. The summed E-state index contributed by atoms with van der Waals surface area (Å²) in [6, 6.07) is 42.2. The van der Waals surface area contributed by atoms with E-state index in [1.54, 1.807) is 12.2 Å². The topological polar surface area (TPSA) is 37.3 Å². The van der Waals surface area contributed by atoms with Crippen molar-refractivity contribution >= 4 is 35.9 Å². The Morgan fingerprint density at radius 1 is 0.606 bits per heavy atom. The van der Waals surface area contributed by atoms with Crippen LogP contribution >= 0.6 is 7.92 Å². The molecule has 0 saturated heterocycles. The first-order valence-corrected chi connectivity index (χ1v) is 12.1. The summed E-state index contributed by atoms with van der Waals surface area (Å²) in [7, 11) is -0.446. The Bertz CT molecular complexity index is 1050. The van der Waals surface area contributed by atoms with Crippen molar-refractivity contribution in [2.75, 3.05) is 0 Å². The maximum atomic E-state index is 10.2. The summed E-state index contributed by atoms with van der Waals surface area (Å²) < 4.78 is 0. The van der Waals surface area contributed by atoms with Crippen LogP contribution in [0.3, 0.4) is 0 Å². The van der Waals surface area contributed by atoms with Crippen LogP contribution < -0.4 is 15.9 Å². The highest BCUT2D eigenvalue weighted by Crippen LogP contribution is 2.32. The lowest BCUT2D eigenvalue weighted by Crippen LogP contribution is -2.20. The van der Waals surface area contributed by atoms with Crippen molar-refractivity contribution in [2.45, 2.75) is 6.42 Å². The highest BCUT2D eigenvalue weighted by Gasteiger charge is 2.14. The Balaban J connectivity index is 0.000000196. The molecule has 0 aliphatic heterocycles. The van der Waals surface area contributed by atoms with Crippen LogP contribution in [0.1, 0.15) is 12.0 Å². The predicted octanol–water partition coefficient (Wildman–Crippen LogP) is 6.18. The maximum Gasteiger partial charge on any atom is 0.307 e. The van der Waals surface area contributed by atoms with Gasteiger partial charge < -0.3 is 5.11 Å². The standard InChI is InChI=1S/C18H15P.C12H12O2/c1-4-10-16(11-5-1)19(17-12-6-2-7-13-17)18-14-8-3-9-15-18;13-12(14)10-6-2-5-9-11-7-3-1-4-8-11/h1-15H;1-9H,10H2,(H,13,14). The van der Waals surface area contributed by atoms with Gasteiger partial charge in [0.05, 0.1) is 6.42 Å². The Hall–Kier alpha value is -3.74. The fraction of sp³-hybridized carbons (Fsp3) is 0.0333. The summed E-state index contributed by atoms with van der Waals surface area (Å²) >= 11 is 0. The number of aliphatic carboxylic acids is 1. The van der Waals surface area contributed by atoms with E-state index in [2.05, 4.69) is 91.0 Å². The zero-order chi connectivity index (χ0) is 23.1. The molecule has 4 aromatic rings. The van der Waals surface area contributed by atoms with Crippen LogP contribution in [0.4, 0.5) is 0 Å². The number of benzene rings is 4. The predicted molar refractivity (Wildman–Crippen MR) is 142 cm³/mol. The van der Waals surface area contributed by atoms with Crippen molar-refractivity contribution in [2.24, 2.45) is 0 Å². The van der Waals surface area contributed by atoms with Gasteiger partial charge in [-0.3, -0.25) is 4.79 Å². The van der Waals surface area contributed by atoms with Gasteiger partial charge in [-0.15, -0.1) is 0 Å². The lowest BCUT2D eigenvalue weighted by Gasteiger charge is -2.18. The van der Waals surface area contributed by atoms with Crippen LogP contribution in [0.25, 0.3) is 6.08 Å². The van der Waals surface area contributed by atoms with E-state index in [4.69, 9.17) is 5.11 Å². The molecule has 3 heteroatoms. The third kappa shape index (κ3) is 8.37. The molecule has 0 aliphatic rings. The van der Waals surface area contributed by atoms with Crippen LogP contribution in [0.15, 0.2) is 140 Å². The van der Waals surface area contributed by atoms with Gasteiger partial charge in [0, 0.05) is 0 Å². The third-order valence-corrected chi connectivity index (χ3v) is 7.11. The molecule has 33 heavy (non-hydrogen) atoms. The molecule has 0 amide bonds. The molecule has 0 aliphatic carbocycles. The summed E-state index contributed by atoms with van der Waals surface area (Å²) in [6.45, 7) is 0. The van der Waals surface area contributed by atoms with Gasteiger partial charge in [0.15, 0.2) is 0 Å². The highest BCUT2D eigenvalue weighted by atomic mass is 31.1. The first-order valence-electron chi connectivity index (χ1n) is 10.8. The molecule has 0 fully saturated rings. The number of hydrogen-bond donors (Lipinski definition) is 1. The Morgan fingerprint density at radius 2 is 1.00 bits per heavy atom. The minimum Gasteiger partial charge on any atom is -0.481 e. The summed E-state index contributed by atoms with van der Waals surface area (Å²) in [4.78, 5) is 10.2. The second-order valence-electron chi connectivity index (χ2n) is 7.14. The lowest BCUT2D eigenvalue weighted by atomic mass is 10.2. The van der Waals surface area contributed by atoms with Crippen LogP contribution in [-0.2, 0) is 4.79 Å². The van der Waals surface area contributed by atoms with E-state index < -0.39 is 13.9 Å². The summed E-state index contributed by atoms with van der Waals surface area (Å²) in [5.74, 6) is -0.811. The smallest absolute Gasteiger partial charge is 0.307 e. The molecular weight excluding hydrogens is 423 g/mol. The summed E-state index contributed by atoms with van der Waals surface area (Å²) in [5.41, 5.74) is 1.10. The lowest BCUT2D eigenvalue weighted by molar-refractivity contribution is -0.136. The molecule has 0 heterocycles.